The van der Waals surface area contributed by atoms with Crippen LogP contribution in [0.15, 0.2) is 11.6 Å². The summed E-state index contributed by atoms with van der Waals surface area (Å²) in [4.78, 5) is 0. The standard InChI is InChI=1S/C16H27NO2/c1-16(2)12-4-3-11(15(16)7-12)9-19-10-14(18)8-17-13-5-6-13/h3,12-15,17-18H,4-10H2,1-2H3/t12-,14+,15+/m1/s1. The Bertz CT molecular complexity index is 360. The second-order valence-electron chi connectivity index (χ2n) is 7.17. The van der Waals surface area contributed by atoms with E-state index in [0.29, 0.717) is 37.1 Å². The van der Waals surface area contributed by atoms with E-state index in [1.54, 1.807) is 0 Å². The maximum atomic E-state index is 9.83. The van der Waals surface area contributed by atoms with Gasteiger partial charge in [0, 0.05) is 12.6 Å². The molecular weight excluding hydrogens is 238 g/mol. The highest BCUT2D eigenvalue weighted by Gasteiger charge is 2.50. The molecule has 2 N–H and O–H groups in total. The molecule has 2 saturated carbocycles. The molecule has 0 unspecified atom stereocenters. The van der Waals surface area contributed by atoms with E-state index in [1.807, 2.05) is 0 Å². The third-order valence-corrected chi connectivity index (χ3v) is 5.38. The zero-order chi connectivity index (χ0) is 13.5. The Kier molecular flexibility index (Phi) is 3.71. The van der Waals surface area contributed by atoms with Gasteiger partial charge >= 0.3 is 0 Å². The van der Waals surface area contributed by atoms with Crippen LogP contribution in [0.5, 0.6) is 0 Å². The number of ether oxygens (including phenoxy) is 1. The molecule has 3 nitrogen and oxygen atoms in total. The molecule has 0 amide bonds. The minimum absolute atomic E-state index is 0.369. The monoisotopic (exact) mass is 265 g/mol. The van der Waals surface area contributed by atoms with E-state index in [-0.39, 0.29) is 6.10 Å². The molecule has 0 aromatic rings. The van der Waals surface area contributed by atoms with E-state index in [1.165, 1.54) is 31.3 Å². The van der Waals surface area contributed by atoms with E-state index in [0.717, 1.165) is 5.92 Å². The van der Waals surface area contributed by atoms with Gasteiger partial charge in [-0.2, -0.15) is 0 Å². The van der Waals surface area contributed by atoms with E-state index in [4.69, 9.17) is 4.74 Å². The quantitative estimate of drug-likeness (QED) is 0.693. The second kappa shape index (κ2) is 5.19. The molecule has 3 atom stereocenters. The van der Waals surface area contributed by atoms with Crippen LogP contribution >= 0.6 is 0 Å². The fourth-order valence-corrected chi connectivity index (χ4v) is 3.60. The molecular formula is C16H27NO2. The summed E-state index contributed by atoms with van der Waals surface area (Å²) in [5, 5.41) is 13.2. The van der Waals surface area contributed by atoms with E-state index in [2.05, 4.69) is 25.2 Å². The number of hydrogen-bond donors (Lipinski definition) is 2. The number of rotatable bonds is 7. The van der Waals surface area contributed by atoms with Gasteiger partial charge in [-0.25, -0.2) is 0 Å². The highest BCUT2D eigenvalue weighted by Crippen LogP contribution is 2.59. The molecule has 3 heteroatoms. The third kappa shape index (κ3) is 2.88. The Morgan fingerprint density at radius 2 is 2.26 bits per heavy atom. The number of allylic oxidation sites excluding steroid dienone is 1. The summed E-state index contributed by atoms with van der Waals surface area (Å²) in [6.45, 7) is 6.59. The summed E-state index contributed by atoms with van der Waals surface area (Å²) in [6, 6.07) is 0.656. The van der Waals surface area contributed by atoms with Crippen molar-refractivity contribution in [3.63, 3.8) is 0 Å². The van der Waals surface area contributed by atoms with Gasteiger partial charge in [0.1, 0.15) is 0 Å². The molecule has 0 radical (unpaired) electrons. The van der Waals surface area contributed by atoms with Crippen molar-refractivity contribution in [2.45, 2.75) is 51.7 Å². The molecule has 4 aliphatic carbocycles. The molecule has 0 heterocycles. The third-order valence-electron chi connectivity index (χ3n) is 5.38. The maximum Gasteiger partial charge on any atom is 0.0897 e. The Morgan fingerprint density at radius 3 is 2.89 bits per heavy atom. The topological polar surface area (TPSA) is 41.5 Å². The number of hydrogen-bond acceptors (Lipinski definition) is 3. The molecule has 19 heavy (non-hydrogen) atoms. The van der Waals surface area contributed by atoms with Crippen molar-refractivity contribution >= 4 is 0 Å². The fourth-order valence-electron chi connectivity index (χ4n) is 3.60. The summed E-state index contributed by atoms with van der Waals surface area (Å²) < 4.78 is 5.72. The van der Waals surface area contributed by atoms with Gasteiger partial charge in [-0.05, 0) is 48.5 Å². The van der Waals surface area contributed by atoms with Crippen molar-refractivity contribution in [1.82, 2.24) is 5.32 Å². The number of aliphatic hydroxyl groups excluding tert-OH is 1. The van der Waals surface area contributed by atoms with E-state index >= 15 is 0 Å². The number of aliphatic hydroxyl groups is 1. The summed E-state index contributed by atoms with van der Waals surface area (Å²) in [5.74, 6) is 1.60. The van der Waals surface area contributed by atoms with Gasteiger partial charge in [0.05, 0.1) is 19.3 Å². The zero-order valence-electron chi connectivity index (χ0n) is 12.2. The van der Waals surface area contributed by atoms with Gasteiger partial charge in [0.2, 0.25) is 0 Å². The van der Waals surface area contributed by atoms with Gasteiger partial charge in [-0.15, -0.1) is 0 Å². The van der Waals surface area contributed by atoms with Gasteiger partial charge in [0.15, 0.2) is 0 Å². The van der Waals surface area contributed by atoms with Crippen molar-refractivity contribution in [3.8, 4) is 0 Å². The SMILES string of the molecule is CC1(C)[C@@H]2CC=C(COC[C@@H](O)CNC3CC3)[C@@H]1C2. The lowest BCUT2D eigenvalue weighted by atomic mass is 9.49. The first-order chi connectivity index (χ1) is 9.07. The van der Waals surface area contributed by atoms with Crippen LogP contribution in [0.1, 0.15) is 39.5 Å². The summed E-state index contributed by atoms with van der Waals surface area (Å²) >= 11 is 0. The molecule has 2 fully saturated rings. The highest BCUT2D eigenvalue weighted by atomic mass is 16.5. The lowest BCUT2D eigenvalue weighted by molar-refractivity contribution is -0.0235. The first kappa shape index (κ1) is 13.6. The lowest BCUT2D eigenvalue weighted by Gasteiger charge is -2.56. The molecule has 0 saturated heterocycles. The van der Waals surface area contributed by atoms with E-state index in [9.17, 15) is 5.11 Å². The Morgan fingerprint density at radius 1 is 1.47 bits per heavy atom. The molecule has 4 rings (SSSR count). The minimum atomic E-state index is -0.369. The average molecular weight is 265 g/mol. The molecule has 0 spiro atoms. The van der Waals surface area contributed by atoms with Crippen molar-refractivity contribution < 1.29 is 9.84 Å². The zero-order valence-corrected chi connectivity index (χ0v) is 12.2. The average Bonchev–Trinajstić information content (AvgIpc) is 3.20. The van der Waals surface area contributed by atoms with Crippen LogP contribution in [0.4, 0.5) is 0 Å². The highest BCUT2D eigenvalue weighted by molar-refractivity contribution is 5.23. The first-order valence-corrected chi connectivity index (χ1v) is 7.75. The largest absolute Gasteiger partial charge is 0.389 e. The maximum absolute atomic E-state index is 9.83. The number of fused-ring (bicyclic) bond motifs is 1. The van der Waals surface area contributed by atoms with Crippen LogP contribution < -0.4 is 5.32 Å². The summed E-state index contributed by atoms with van der Waals surface area (Å²) in [7, 11) is 0. The molecule has 0 aliphatic heterocycles. The van der Waals surface area contributed by atoms with Crippen molar-refractivity contribution in [3.05, 3.63) is 11.6 Å². The van der Waals surface area contributed by atoms with Gasteiger partial charge < -0.3 is 15.2 Å². The summed E-state index contributed by atoms with van der Waals surface area (Å²) in [6.07, 6.45) is 7.09. The van der Waals surface area contributed by atoms with Gasteiger partial charge in [0.25, 0.3) is 0 Å². The predicted octanol–water partition coefficient (Wildman–Crippen LogP) is 2.11. The van der Waals surface area contributed by atoms with E-state index < -0.39 is 0 Å². The Labute approximate surface area is 116 Å². The van der Waals surface area contributed by atoms with Crippen LogP contribution in [0.25, 0.3) is 0 Å². The van der Waals surface area contributed by atoms with Crippen LogP contribution in [-0.4, -0.2) is 37.0 Å². The first-order valence-electron chi connectivity index (χ1n) is 7.75. The van der Waals surface area contributed by atoms with Crippen LogP contribution in [-0.2, 0) is 4.74 Å². The minimum Gasteiger partial charge on any atom is -0.389 e. The van der Waals surface area contributed by atoms with Crippen molar-refractivity contribution in [2.75, 3.05) is 19.8 Å². The second-order valence-corrected chi connectivity index (χ2v) is 7.17. The Hall–Kier alpha value is -0.380. The molecule has 2 bridgehead atoms. The van der Waals surface area contributed by atoms with Gasteiger partial charge in [-0.3, -0.25) is 0 Å². The molecule has 108 valence electrons. The Balaban J connectivity index is 1.36. The fraction of sp³-hybridized carbons (Fsp3) is 0.875. The predicted molar refractivity (Wildman–Crippen MR) is 75.9 cm³/mol. The number of nitrogens with one attached hydrogen (secondary N) is 1. The summed E-state index contributed by atoms with van der Waals surface area (Å²) in [5.41, 5.74) is 1.94. The van der Waals surface area contributed by atoms with Crippen LogP contribution in [0.3, 0.4) is 0 Å². The molecule has 0 aromatic carbocycles. The smallest absolute Gasteiger partial charge is 0.0897 e. The van der Waals surface area contributed by atoms with Crippen LogP contribution in [0, 0.1) is 17.3 Å². The molecule has 0 aromatic heterocycles. The van der Waals surface area contributed by atoms with Crippen molar-refractivity contribution in [1.29, 1.82) is 0 Å². The normalized spacial score (nSPS) is 33.5. The van der Waals surface area contributed by atoms with Crippen LogP contribution in [0.2, 0.25) is 0 Å². The molecule has 4 aliphatic rings. The van der Waals surface area contributed by atoms with Gasteiger partial charge in [-0.1, -0.05) is 19.9 Å². The van der Waals surface area contributed by atoms with Crippen molar-refractivity contribution in [2.24, 2.45) is 17.3 Å². The lowest BCUT2D eigenvalue weighted by Crippen LogP contribution is -2.48.